The van der Waals surface area contributed by atoms with Crippen LogP contribution in [0.2, 0.25) is 5.02 Å². The summed E-state index contributed by atoms with van der Waals surface area (Å²) in [6.07, 6.45) is 3.00. The first-order chi connectivity index (χ1) is 6.15. The van der Waals surface area contributed by atoms with E-state index in [1.165, 1.54) is 18.2 Å². The molecule has 0 spiro atoms. The summed E-state index contributed by atoms with van der Waals surface area (Å²) >= 11 is 5.67. The predicted molar refractivity (Wildman–Crippen MR) is 50.6 cm³/mol. The van der Waals surface area contributed by atoms with Crippen LogP contribution in [0.3, 0.4) is 0 Å². The van der Waals surface area contributed by atoms with Crippen molar-refractivity contribution in [3.05, 3.63) is 46.8 Å². The maximum absolute atomic E-state index is 12.6. The Bertz CT molecular complexity index is 358. The Morgan fingerprint density at radius 1 is 1.54 bits per heavy atom. The number of carbonyl (C=O) groups excluding carboxylic acids is 1. The Morgan fingerprint density at radius 3 is 2.77 bits per heavy atom. The van der Waals surface area contributed by atoms with Crippen LogP contribution in [0.15, 0.2) is 30.4 Å². The quantitative estimate of drug-likeness (QED) is 0.527. The summed E-state index contributed by atoms with van der Waals surface area (Å²) in [5.41, 5.74) is 0.321. The van der Waals surface area contributed by atoms with E-state index >= 15 is 0 Å². The number of allylic oxidation sites excluding steroid dienone is 2. The van der Waals surface area contributed by atoms with E-state index in [2.05, 4.69) is 0 Å². The molecule has 13 heavy (non-hydrogen) atoms. The van der Waals surface area contributed by atoms with Gasteiger partial charge in [-0.3, -0.25) is 4.79 Å². The lowest BCUT2D eigenvalue weighted by Gasteiger charge is -1.98. The molecule has 0 atom stereocenters. The van der Waals surface area contributed by atoms with Gasteiger partial charge in [-0.15, -0.1) is 0 Å². The van der Waals surface area contributed by atoms with Gasteiger partial charge < -0.3 is 0 Å². The molecule has 1 nitrogen and oxygen atoms in total. The van der Waals surface area contributed by atoms with Crippen molar-refractivity contribution in [2.24, 2.45) is 0 Å². The summed E-state index contributed by atoms with van der Waals surface area (Å²) in [7, 11) is 0. The molecule has 1 aromatic carbocycles. The molecule has 0 fully saturated rings. The van der Waals surface area contributed by atoms with Crippen molar-refractivity contribution in [3.8, 4) is 0 Å². The average Bonchev–Trinajstić information content (AvgIpc) is 2.04. The van der Waals surface area contributed by atoms with Crippen molar-refractivity contribution in [2.75, 3.05) is 0 Å². The van der Waals surface area contributed by atoms with Crippen LogP contribution in [-0.2, 0) is 0 Å². The van der Waals surface area contributed by atoms with E-state index in [9.17, 15) is 9.18 Å². The number of rotatable bonds is 2. The number of hydrogen-bond acceptors (Lipinski definition) is 1. The van der Waals surface area contributed by atoms with E-state index in [1.807, 2.05) is 0 Å². The van der Waals surface area contributed by atoms with Crippen LogP contribution in [0, 0.1) is 5.82 Å². The van der Waals surface area contributed by atoms with Crippen molar-refractivity contribution in [1.29, 1.82) is 0 Å². The molecule has 0 aliphatic rings. The lowest BCUT2D eigenvalue weighted by Crippen LogP contribution is -1.95. The van der Waals surface area contributed by atoms with Crippen LogP contribution in [-0.4, -0.2) is 5.78 Å². The molecule has 3 heteroatoms. The minimum absolute atomic E-state index is 0.142. The topological polar surface area (TPSA) is 17.1 Å². The third-order valence-corrected chi connectivity index (χ3v) is 1.83. The molecule has 0 radical (unpaired) electrons. The van der Waals surface area contributed by atoms with Crippen LogP contribution >= 0.6 is 11.6 Å². The lowest BCUT2D eigenvalue weighted by atomic mass is 10.1. The largest absolute Gasteiger partial charge is 0.289 e. The highest BCUT2D eigenvalue weighted by molar-refractivity contribution is 6.34. The summed E-state index contributed by atoms with van der Waals surface area (Å²) in [4.78, 5) is 11.3. The fourth-order valence-electron chi connectivity index (χ4n) is 0.930. The summed E-state index contributed by atoms with van der Waals surface area (Å²) in [6, 6.07) is 3.71. The highest BCUT2D eigenvalue weighted by Crippen LogP contribution is 2.17. The van der Waals surface area contributed by atoms with Crippen LogP contribution in [0.4, 0.5) is 4.39 Å². The van der Waals surface area contributed by atoms with Gasteiger partial charge in [-0.1, -0.05) is 17.7 Å². The van der Waals surface area contributed by atoms with Gasteiger partial charge >= 0.3 is 0 Å². The van der Waals surface area contributed by atoms with E-state index in [1.54, 1.807) is 13.0 Å². The van der Waals surface area contributed by atoms with Crippen molar-refractivity contribution >= 4 is 17.4 Å². The van der Waals surface area contributed by atoms with E-state index in [-0.39, 0.29) is 10.8 Å². The van der Waals surface area contributed by atoms with Crippen molar-refractivity contribution in [1.82, 2.24) is 0 Å². The number of halogens is 2. The number of benzene rings is 1. The highest BCUT2D eigenvalue weighted by Gasteiger charge is 2.07. The Kier molecular flexibility index (Phi) is 3.20. The maximum Gasteiger partial charge on any atom is 0.187 e. The van der Waals surface area contributed by atoms with Crippen molar-refractivity contribution in [2.45, 2.75) is 6.92 Å². The molecule has 68 valence electrons. The van der Waals surface area contributed by atoms with Gasteiger partial charge in [-0.05, 0) is 31.2 Å². The van der Waals surface area contributed by atoms with E-state index < -0.39 is 5.82 Å². The van der Waals surface area contributed by atoms with Crippen LogP contribution in [0.1, 0.15) is 17.3 Å². The molecular weight excluding hydrogens is 191 g/mol. The summed E-state index contributed by atoms with van der Waals surface area (Å²) in [5.74, 6) is -0.658. The van der Waals surface area contributed by atoms with Gasteiger partial charge in [0, 0.05) is 5.56 Å². The monoisotopic (exact) mass is 198 g/mol. The zero-order chi connectivity index (χ0) is 9.84. The fourth-order valence-corrected chi connectivity index (χ4v) is 1.19. The van der Waals surface area contributed by atoms with Gasteiger partial charge in [-0.25, -0.2) is 4.39 Å². The first kappa shape index (κ1) is 9.93. The Hall–Kier alpha value is -1.15. The first-order valence-corrected chi connectivity index (χ1v) is 4.15. The minimum Gasteiger partial charge on any atom is -0.289 e. The molecule has 0 aliphatic carbocycles. The molecular formula is C10H8ClFO. The first-order valence-electron chi connectivity index (χ1n) is 3.77. The predicted octanol–water partition coefficient (Wildman–Crippen LogP) is 3.24. The Balaban J connectivity index is 3.09. The van der Waals surface area contributed by atoms with Crippen LogP contribution < -0.4 is 0 Å². The fraction of sp³-hybridized carbons (Fsp3) is 0.100. The van der Waals surface area contributed by atoms with Gasteiger partial charge in [0.15, 0.2) is 5.78 Å². The van der Waals surface area contributed by atoms with E-state index in [0.717, 1.165) is 6.07 Å². The van der Waals surface area contributed by atoms with E-state index in [4.69, 9.17) is 11.6 Å². The van der Waals surface area contributed by atoms with Gasteiger partial charge in [0.2, 0.25) is 0 Å². The minimum atomic E-state index is -0.443. The summed E-state index contributed by atoms with van der Waals surface area (Å²) in [6.45, 7) is 1.73. The smallest absolute Gasteiger partial charge is 0.187 e. The third kappa shape index (κ3) is 2.39. The van der Waals surface area contributed by atoms with Gasteiger partial charge in [-0.2, -0.15) is 0 Å². The standard InChI is InChI=1S/C10H8ClFO/c1-2-3-10(13)8-5-4-7(12)6-9(8)11/h2-6H,1H3. The van der Waals surface area contributed by atoms with E-state index in [0.29, 0.717) is 5.56 Å². The normalized spacial score (nSPS) is 10.7. The van der Waals surface area contributed by atoms with Crippen molar-refractivity contribution < 1.29 is 9.18 Å². The summed E-state index contributed by atoms with van der Waals surface area (Å²) in [5, 5.41) is 0.142. The Labute approximate surface area is 80.8 Å². The molecule has 0 aromatic heterocycles. The molecule has 0 unspecified atom stereocenters. The second-order valence-corrected chi connectivity index (χ2v) is 2.90. The molecule has 0 bridgehead atoms. The molecule has 1 rings (SSSR count). The molecule has 0 heterocycles. The Morgan fingerprint density at radius 2 is 2.23 bits per heavy atom. The number of hydrogen-bond donors (Lipinski definition) is 0. The second-order valence-electron chi connectivity index (χ2n) is 2.49. The molecule has 0 saturated heterocycles. The van der Waals surface area contributed by atoms with Gasteiger partial charge in [0.05, 0.1) is 5.02 Å². The zero-order valence-corrected chi connectivity index (χ0v) is 7.81. The van der Waals surface area contributed by atoms with Gasteiger partial charge in [0.25, 0.3) is 0 Å². The molecule has 0 amide bonds. The highest BCUT2D eigenvalue weighted by atomic mass is 35.5. The second kappa shape index (κ2) is 4.19. The van der Waals surface area contributed by atoms with Crippen molar-refractivity contribution in [3.63, 3.8) is 0 Å². The third-order valence-electron chi connectivity index (χ3n) is 1.51. The number of ketones is 1. The zero-order valence-electron chi connectivity index (χ0n) is 7.05. The molecule has 0 saturated carbocycles. The van der Waals surface area contributed by atoms with Crippen LogP contribution in [0.25, 0.3) is 0 Å². The SMILES string of the molecule is CC=CC(=O)c1ccc(F)cc1Cl. The van der Waals surface area contributed by atoms with Gasteiger partial charge in [0.1, 0.15) is 5.82 Å². The number of carbonyl (C=O) groups is 1. The van der Waals surface area contributed by atoms with Crippen LogP contribution in [0.5, 0.6) is 0 Å². The molecule has 0 N–H and O–H groups in total. The summed E-state index contributed by atoms with van der Waals surface area (Å²) < 4.78 is 12.6. The molecule has 1 aromatic rings. The maximum atomic E-state index is 12.6. The molecule has 0 aliphatic heterocycles. The lowest BCUT2D eigenvalue weighted by molar-refractivity contribution is 0.104. The average molecular weight is 199 g/mol.